The highest BCUT2D eigenvalue weighted by atomic mass is 32.1. The van der Waals surface area contributed by atoms with Gasteiger partial charge < -0.3 is 5.32 Å². The number of fused-ring (bicyclic) bond motifs is 1. The number of ketones is 1. The van der Waals surface area contributed by atoms with Crippen LogP contribution in [0.2, 0.25) is 0 Å². The fourth-order valence-corrected chi connectivity index (χ4v) is 3.07. The number of amides is 2. The van der Waals surface area contributed by atoms with Gasteiger partial charge in [-0.15, -0.1) is 0 Å². The summed E-state index contributed by atoms with van der Waals surface area (Å²) in [6, 6.07) is -0.264. The molecule has 1 aromatic heterocycles. The second kappa shape index (κ2) is 5.28. The molecule has 19 heavy (non-hydrogen) atoms. The highest BCUT2D eigenvalue weighted by Gasteiger charge is 2.34. The predicted molar refractivity (Wildman–Crippen MR) is 75.9 cm³/mol. The molecule has 104 valence electrons. The van der Waals surface area contributed by atoms with Gasteiger partial charge >= 0.3 is 6.03 Å². The first kappa shape index (κ1) is 14.0. The number of Topliss-reactive ketones (excluding diaryl/α,β-unsaturated/α-hetero) is 1. The van der Waals surface area contributed by atoms with Crippen molar-refractivity contribution in [1.29, 1.82) is 0 Å². The van der Waals surface area contributed by atoms with Gasteiger partial charge in [-0.25, -0.2) is 9.78 Å². The summed E-state index contributed by atoms with van der Waals surface area (Å²) in [5.74, 6) is 0.130. The highest BCUT2D eigenvalue weighted by molar-refractivity contribution is 7.17. The van der Waals surface area contributed by atoms with Crippen molar-refractivity contribution in [2.45, 2.75) is 40.0 Å². The topological polar surface area (TPSA) is 71.1 Å². The molecule has 1 aliphatic carbocycles. The van der Waals surface area contributed by atoms with Gasteiger partial charge in [0.15, 0.2) is 10.9 Å². The lowest BCUT2D eigenvalue weighted by atomic mass is 9.78. The standard InChI is InChI=1S/C13H19N3O2S/c1-4-5-14-11(18)16-12-15-8-6-13(2,3)7-9(17)10(8)19-12/h4-7H2,1-3H3,(H2,14,15,16,18). The maximum absolute atomic E-state index is 12.0. The van der Waals surface area contributed by atoms with Crippen LogP contribution in [0.4, 0.5) is 9.93 Å². The zero-order valence-electron chi connectivity index (χ0n) is 11.5. The predicted octanol–water partition coefficient (Wildman–Crippen LogP) is 2.83. The first-order valence-corrected chi connectivity index (χ1v) is 7.31. The zero-order chi connectivity index (χ0) is 14.0. The molecule has 0 fully saturated rings. The minimum atomic E-state index is -0.264. The van der Waals surface area contributed by atoms with Gasteiger partial charge in [-0.1, -0.05) is 32.1 Å². The molecule has 2 rings (SSSR count). The SMILES string of the molecule is CCCNC(=O)Nc1nc2c(s1)C(=O)CC(C)(C)C2. The first-order chi connectivity index (χ1) is 8.91. The molecule has 6 heteroatoms. The van der Waals surface area contributed by atoms with Crippen molar-refractivity contribution >= 4 is 28.3 Å². The van der Waals surface area contributed by atoms with Crippen molar-refractivity contribution in [2.24, 2.45) is 5.41 Å². The number of carbonyl (C=O) groups excluding carboxylic acids is 2. The molecule has 5 nitrogen and oxygen atoms in total. The summed E-state index contributed by atoms with van der Waals surface area (Å²) < 4.78 is 0. The summed E-state index contributed by atoms with van der Waals surface area (Å²) in [5.41, 5.74) is 0.775. The fourth-order valence-electron chi connectivity index (χ4n) is 2.15. The van der Waals surface area contributed by atoms with Crippen LogP contribution in [0.1, 0.15) is 49.0 Å². The van der Waals surface area contributed by atoms with Gasteiger partial charge in [-0.3, -0.25) is 10.1 Å². The van der Waals surface area contributed by atoms with Gasteiger partial charge in [0.2, 0.25) is 0 Å². The van der Waals surface area contributed by atoms with Gasteiger partial charge in [0.25, 0.3) is 0 Å². The van der Waals surface area contributed by atoms with E-state index in [0.717, 1.165) is 18.5 Å². The van der Waals surface area contributed by atoms with Gasteiger partial charge in [-0.05, 0) is 18.3 Å². The molecule has 1 aliphatic rings. The minimum absolute atomic E-state index is 0.0418. The lowest BCUT2D eigenvalue weighted by molar-refractivity contribution is 0.0916. The highest BCUT2D eigenvalue weighted by Crippen LogP contribution is 2.38. The summed E-state index contributed by atoms with van der Waals surface area (Å²) in [6.07, 6.45) is 2.21. The summed E-state index contributed by atoms with van der Waals surface area (Å²) >= 11 is 1.27. The van der Waals surface area contributed by atoms with E-state index in [4.69, 9.17) is 0 Å². The van der Waals surface area contributed by atoms with Crippen molar-refractivity contribution in [2.75, 3.05) is 11.9 Å². The Labute approximate surface area is 116 Å². The average Bonchev–Trinajstić information content (AvgIpc) is 2.67. The monoisotopic (exact) mass is 281 g/mol. The van der Waals surface area contributed by atoms with E-state index in [1.165, 1.54) is 11.3 Å². The number of hydrogen-bond donors (Lipinski definition) is 2. The molecule has 0 atom stereocenters. The molecule has 1 heterocycles. The first-order valence-electron chi connectivity index (χ1n) is 6.49. The summed E-state index contributed by atoms with van der Waals surface area (Å²) in [5, 5.41) is 5.91. The number of nitrogens with one attached hydrogen (secondary N) is 2. The molecular formula is C13H19N3O2S. The number of urea groups is 1. The Kier molecular flexibility index (Phi) is 3.89. The Bertz CT molecular complexity index is 508. The van der Waals surface area contributed by atoms with E-state index in [1.807, 2.05) is 6.92 Å². The number of aromatic nitrogens is 1. The van der Waals surface area contributed by atoms with Crippen LogP contribution >= 0.6 is 11.3 Å². The third-order valence-corrected chi connectivity index (χ3v) is 4.05. The second-order valence-corrected chi connectivity index (χ2v) is 6.62. The lowest BCUT2D eigenvalue weighted by Crippen LogP contribution is -2.29. The Morgan fingerprint density at radius 1 is 1.42 bits per heavy atom. The largest absolute Gasteiger partial charge is 0.338 e. The van der Waals surface area contributed by atoms with E-state index in [0.29, 0.717) is 23.0 Å². The van der Waals surface area contributed by atoms with Crippen LogP contribution in [0.25, 0.3) is 0 Å². The average molecular weight is 281 g/mol. The normalized spacial score (nSPS) is 16.9. The smallest absolute Gasteiger partial charge is 0.321 e. The van der Waals surface area contributed by atoms with Crippen molar-refractivity contribution in [3.8, 4) is 0 Å². The number of nitrogens with zero attached hydrogens (tertiary/aromatic N) is 1. The molecule has 2 N–H and O–H groups in total. The van der Waals surface area contributed by atoms with Crippen molar-refractivity contribution in [3.05, 3.63) is 10.6 Å². The van der Waals surface area contributed by atoms with Crippen LogP contribution in [-0.2, 0) is 6.42 Å². The minimum Gasteiger partial charge on any atom is -0.338 e. The summed E-state index contributed by atoms with van der Waals surface area (Å²) in [7, 11) is 0. The van der Waals surface area contributed by atoms with Gasteiger partial charge in [-0.2, -0.15) is 0 Å². The van der Waals surface area contributed by atoms with Crippen molar-refractivity contribution in [3.63, 3.8) is 0 Å². The molecule has 1 aromatic rings. The molecule has 0 unspecified atom stereocenters. The van der Waals surface area contributed by atoms with E-state index >= 15 is 0 Å². The number of carbonyl (C=O) groups is 2. The van der Waals surface area contributed by atoms with Crippen LogP contribution in [0.3, 0.4) is 0 Å². The molecule has 0 aliphatic heterocycles. The van der Waals surface area contributed by atoms with Crippen molar-refractivity contribution in [1.82, 2.24) is 10.3 Å². The fraction of sp³-hybridized carbons (Fsp3) is 0.615. The van der Waals surface area contributed by atoms with Gasteiger partial charge in [0.05, 0.1) is 10.6 Å². The summed E-state index contributed by atoms with van der Waals surface area (Å²) in [6.45, 7) is 6.74. The van der Waals surface area contributed by atoms with E-state index in [2.05, 4.69) is 29.5 Å². The molecule has 0 aromatic carbocycles. The zero-order valence-corrected chi connectivity index (χ0v) is 12.3. The van der Waals surface area contributed by atoms with E-state index in [-0.39, 0.29) is 17.2 Å². The van der Waals surface area contributed by atoms with Crippen molar-refractivity contribution < 1.29 is 9.59 Å². The maximum atomic E-state index is 12.0. The Balaban J connectivity index is 2.10. The van der Waals surface area contributed by atoms with E-state index in [1.54, 1.807) is 0 Å². The Morgan fingerprint density at radius 2 is 2.16 bits per heavy atom. The number of thiazole rings is 1. The van der Waals surface area contributed by atoms with E-state index < -0.39 is 0 Å². The molecular weight excluding hydrogens is 262 g/mol. The lowest BCUT2D eigenvalue weighted by Gasteiger charge is -2.26. The molecule has 0 radical (unpaired) electrons. The number of hydrogen-bond acceptors (Lipinski definition) is 4. The van der Waals surface area contributed by atoms with Crippen LogP contribution in [0.15, 0.2) is 0 Å². The van der Waals surface area contributed by atoms with Crippen LogP contribution in [-0.4, -0.2) is 23.3 Å². The maximum Gasteiger partial charge on any atom is 0.321 e. The number of anilines is 1. The molecule has 0 bridgehead atoms. The molecule has 0 spiro atoms. The molecule has 0 saturated heterocycles. The van der Waals surface area contributed by atoms with Crippen LogP contribution in [0.5, 0.6) is 0 Å². The quantitative estimate of drug-likeness (QED) is 0.895. The van der Waals surface area contributed by atoms with Gasteiger partial charge in [0.1, 0.15) is 0 Å². The Morgan fingerprint density at radius 3 is 2.84 bits per heavy atom. The van der Waals surface area contributed by atoms with Gasteiger partial charge in [0, 0.05) is 13.0 Å². The Hall–Kier alpha value is -1.43. The summed E-state index contributed by atoms with van der Waals surface area (Å²) in [4.78, 5) is 28.6. The molecule has 2 amide bonds. The third kappa shape index (κ3) is 3.32. The van der Waals surface area contributed by atoms with Crippen LogP contribution < -0.4 is 10.6 Å². The van der Waals surface area contributed by atoms with Crippen LogP contribution in [0, 0.1) is 5.41 Å². The second-order valence-electron chi connectivity index (χ2n) is 5.62. The molecule has 0 saturated carbocycles. The van der Waals surface area contributed by atoms with E-state index in [9.17, 15) is 9.59 Å². The third-order valence-electron chi connectivity index (χ3n) is 2.99. The number of rotatable bonds is 3.